The Morgan fingerprint density at radius 3 is 2.32 bits per heavy atom. The largest absolute Gasteiger partial charge is 0.480 e. The number of benzene rings is 2. The summed E-state index contributed by atoms with van der Waals surface area (Å²) in [5.41, 5.74) is 1.92. The van der Waals surface area contributed by atoms with E-state index in [1.807, 2.05) is 6.07 Å². The number of carbonyl (C=O) groups is 3. The van der Waals surface area contributed by atoms with Crippen molar-refractivity contribution in [2.75, 3.05) is 11.1 Å². The van der Waals surface area contributed by atoms with Crippen molar-refractivity contribution in [2.45, 2.75) is 19.4 Å². The number of hydrogen-bond acceptors (Lipinski definition) is 5. The summed E-state index contributed by atoms with van der Waals surface area (Å²) in [7, 11) is 0. The summed E-state index contributed by atoms with van der Waals surface area (Å²) < 4.78 is 0. The second-order valence-electron chi connectivity index (χ2n) is 5.83. The van der Waals surface area contributed by atoms with Crippen molar-refractivity contribution in [1.29, 1.82) is 0 Å². The summed E-state index contributed by atoms with van der Waals surface area (Å²) >= 11 is 13.2. The maximum absolute atomic E-state index is 12.3. The number of halogens is 2. The number of carboxylic acids is 1. The number of carboxylic acid groups (broad SMARTS) is 1. The maximum atomic E-state index is 12.3. The summed E-state index contributed by atoms with van der Waals surface area (Å²) in [6, 6.07) is 11.2. The zero-order valence-electron chi connectivity index (χ0n) is 14.9. The van der Waals surface area contributed by atoms with Crippen LogP contribution in [-0.4, -0.2) is 33.9 Å². The Bertz CT molecular complexity index is 872. The Hall–Kier alpha value is -2.22. The molecule has 6 nitrogen and oxygen atoms in total. The molecule has 0 heterocycles. The first-order chi connectivity index (χ1) is 13.3. The van der Waals surface area contributed by atoms with Gasteiger partial charge in [-0.15, -0.1) is 0 Å². The highest BCUT2D eigenvalue weighted by Crippen LogP contribution is 2.33. The predicted molar refractivity (Wildman–Crippen MR) is 113 cm³/mol. The molecule has 2 aromatic carbocycles. The average molecular weight is 441 g/mol. The zero-order valence-corrected chi connectivity index (χ0v) is 17.2. The third-order valence-electron chi connectivity index (χ3n) is 3.66. The minimum atomic E-state index is -1.19. The van der Waals surface area contributed by atoms with Crippen molar-refractivity contribution in [3.05, 3.63) is 58.1 Å². The van der Waals surface area contributed by atoms with Crippen molar-refractivity contribution in [3.8, 4) is 0 Å². The van der Waals surface area contributed by atoms with Gasteiger partial charge in [-0.25, -0.2) is 4.79 Å². The first-order valence-electron chi connectivity index (χ1n) is 8.22. The molecule has 0 aliphatic rings. The highest BCUT2D eigenvalue weighted by Gasteiger charge is 2.20. The Morgan fingerprint density at radius 1 is 1.07 bits per heavy atom. The number of thioether (sulfide) groups is 1. The van der Waals surface area contributed by atoms with E-state index in [0.717, 1.165) is 11.8 Å². The highest BCUT2D eigenvalue weighted by atomic mass is 35.5. The molecule has 0 saturated heterocycles. The second kappa shape index (κ2) is 10.4. The summed E-state index contributed by atoms with van der Waals surface area (Å²) in [6.45, 7) is 1.23. The van der Waals surface area contributed by atoms with Gasteiger partial charge < -0.3 is 15.7 Å². The molecule has 1 atom stereocenters. The maximum Gasteiger partial charge on any atom is 0.327 e. The molecule has 1 unspecified atom stereocenters. The lowest BCUT2D eigenvalue weighted by molar-refractivity contribution is -0.140. The van der Waals surface area contributed by atoms with Crippen LogP contribution in [0, 0.1) is 0 Å². The topological polar surface area (TPSA) is 95.5 Å². The van der Waals surface area contributed by atoms with E-state index in [0.29, 0.717) is 27.0 Å². The van der Waals surface area contributed by atoms with Gasteiger partial charge in [-0.1, -0.05) is 59.2 Å². The van der Waals surface area contributed by atoms with E-state index in [9.17, 15) is 14.4 Å². The summed E-state index contributed by atoms with van der Waals surface area (Å²) in [6.07, 6.45) is 0.0717. The van der Waals surface area contributed by atoms with Crippen LogP contribution in [0.25, 0.3) is 0 Å². The Kier molecular flexibility index (Phi) is 8.17. The fourth-order valence-electron chi connectivity index (χ4n) is 2.35. The van der Waals surface area contributed by atoms with Gasteiger partial charge in [-0.3, -0.25) is 9.59 Å². The molecule has 148 valence electrons. The molecule has 0 fully saturated rings. The van der Waals surface area contributed by atoms with E-state index >= 15 is 0 Å². The third-order valence-corrected chi connectivity index (χ3v) is 5.26. The molecule has 28 heavy (non-hydrogen) atoms. The molecule has 1 amide bonds. The van der Waals surface area contributed by atoms with E-state index in [1.54, 1.807) is 36.4 Å². The van der Waals surface area contributed by atoms with Crippen molar-refractivity contribution in [3.63, 3.8) is 0 Å². The number of nitrogens with one attached hydrogen (secondary N) is 2. The normalized spacial score (nSPS) is 11.5. The van der Waals surface area contributed by atoms with Gasteiger partial charge in [0.05, 0.1) is 15.7 Å². The van der Waals surface area contributed by atoms with Gasteiger partial charge in [0.2, 0.25) is 5.91 Å². The third kappa shape index (κ3) is 6.44. The van der Waals surface area contributed by atoms with E-state index in [-0.39, 0.29) is 17.3 Å². The van der Waals surface area contributed by atoms with Crippen molar-refractivity contribution in [1.82, 2.24) is 5.32 Å². The molecule has 2 aromatic rings. The van der Waals surface area contributed by atoms with Crippen LogP contribution in [-0.2, 0) is 20.8 Å². The number of rotatable bonds is 8. The van der Waals surface area contributed by atoms with Crippen LogP contribution in [0.5, 0.6) is 0 Å². The second-order valence-corrected chi connectivity index (χ2v) is 7.72. The Balaban J connectivity index is 2.07. The zero-order chi connectivity index (χ0) is 20.7. The molecule has 0 aliphatic heterocycles. The summed E-state index contributed by atoms with van der Waals surface area (Å²) in [5.74, 6) is -1.71. The van der Waals surface area contributed by atoms with Crippen LogP contribution >= 0.6 is 35.0 Å². The quantitative estimate of drug-likeness (QED) is 0.570. The van der Waals surface area contributed by atoms with Crippen molar-refractivity contribution < 1.29 is 19.5 Å². The molecular formula is C19H18Cl2N2O4S. The van der Waals surface area contributed by atoms with E-state index in [2.05, 4.69) is 10.6 Å². The van der Waals surface area contributed by atoms with Crippen LogP contribution in [0.3, 0.4) is 0 Å². The van der Waals surface area contributed by atoms with Crippen LogP contribution in [0.2, 0.25) is 10.0 Å². The van der Waals surface area contributed by atoms with Crippen molar-refractivity contribution >= 4 is 63.3 Å². The summed E-state index contributed by atoms with van der Waals surface area (Å²) in [5, 5.41) is 15.2. The standard InChI is InChI=1S/C19H18Cl2N2O4S/c1-11(24)22-16(19(26)27)10-28-17(25)9-12-5-2-3-8-15(12)23-18-13(20)6-4-7-14(18)21/h2-8,16,23H,9-10H2,1H3,(H,22,24)(H,26,27). The molecule has 3 N–H and O–H groups in total. The molecule has 0 aliphatic carbocycles. The van der Waals surface area contributed by atoms with Crippen LogP contribution < -0.4 is 10.6 Å². The molecule has 0 radical (unpaired) electrons. The van der Waals surface area contributed by atoms with Gasteiger partial charge in [0.1, 0.15) is 6.04 Å². The number of carbonyl (C=O) groups excluding carboxylic acids is 2. The average Bonchev–Trinajstić information content (AvgIpc) is 2.62. The van der Waals surface area contributed by atoms with E-state index in [4.69, 9.17) is 28.3 Å². The lowest BCUT2D eigenvalue weighted by atomic mass is 10.1. The molecule has 0 bridgehead atoms. The van der Waals surface area contributed by atoms with Gasteiger partial charge in [0.25, 0.3) is 0 Å². The summed E-state index contributed by atoms with van der Waals surface area (Å²) in [4.78, 5) is 34.6. The van der Waals surface area contributed by atoms with Gasteiger partial charge >= 0.3 is 5.97 Å². The SMILES string of the molecule is CC(=O)NC(CSC(=O)Cc1ccccc1Nc1c(Cl)cccc1Cl)C(=O)O. The van der Waals surface area contributed by atoms with Gasteiger partial charge in [0, 0.05) is 24.8 Å². The smallest absolute Gasteiger partial charge is 0.327 e. The fourth-order valence-corrected chi connectivity index (χ4v) is 3.68. The monoisotopic (exact) mass is 440 g/mol. The van der Waals surface area contributed by atoms with Gasteiger partial charge in [-0.2, -0.15) is 0 Å². The van der Waals surface area contributed by atoms with Crippen LogP contribution in [0.1, 0.15) is 12.5 Å². The highest BCUT2D eigenvalue weighted by molar-refractivity contribution is 8.13. The molecule has 0 aromatic heterocycles. The fraction of sp³-hybridized carbons (Fsp3) is 0.211. The number of anilines is 2. The number of amides is 1. The molecular weight excluding hydrogens is 423 g/mol. The number of para-hydroxylation sites is 2. The van der Waals surface area contributed by atoms with E-state index in [1.165, 1.54) is 6.92 Å². The predicted octanol–water partition coefficient (Wildman–Crippen LogP) is 4.13. The first kappa shape index (κ1) is 22.1. The van der Waals surface area contributed by atoms with E-state index < -0.39 is 17.9 Å². The molecule has 9 heteroatoms. The lowest BCUT2D eigenvalue weighted by Gasteiger charge is -2.15. The number of hydrogen-bond donors (Lipinski definition) is 3. The lowest BCUT2D eigenvalue weighted by Crippen LogP contribution is -2.41. The van der Waals surface area contributed by atoms with Crippen LogP contribution in [0.4, 0.5) is 11.4 Å². The molecule has 0 spiro atoms. The molecule has 2 rings (SSSR count). The Morgan fingerprint density at radius 2 is 1.71 bits per heavy atom. The minimum absolute atomic E-state index is 0.0559. The first-order valence-corrected chi connectivity index (χ1v) is 9.96. The Labute approximate surface area is 176 Å². The van der Waals surface area contributed by atoms with Crippen LogP contribution in [0.15, 0.2) is 42.5 Å². The molecule has 0 saturated carbocycles. The van der Waals surface area contributed by atoms with Crippen molar-refractivity contribution in [2.24, 2.45) is 0 Å². The number of aliphatic carboxylic acids is 1. The minimum Gasteiger partial charge on any atom is -0.480 e. The van der Waals surface area contributed by atoms with Gasteiger partial charge in [0.15, 0.2) is 5.12 Å². The van der Waals surface area contributed by atoms with Gasteiger partial charge in [-0.05, 0) is 23.8 Å².